The average molecular weight is 277 g/mol. The highest BCUT2D eigenvalue weighted by Gasteiger charge is 2.43. The summed E-state index contributed by atoms with van der Waals surface area (Å²) in [5.41, 5.74) is 1.36. The second kappa shape index (κ2) is 5.28. The van der Waals surface area contributed by atoms with Crippen molar-refractivity contribution in [2.24, 2.45) is 17.8 Å². The molecule has 2 aliphatic rings. The molecule has 0 aromatic heterocycles. The molecule has 2 bridgehead atoms. The van der Waals surface area contributed by atoms with Crippen molar-refractivity contribution in [1.82, 2.24) is 0 Å². The van der Waals surface area contributed by atoms with Crippen molar-refractivity contribution in [3.63, 3.8) is 0 Å². The summed E-state index contributed by atoms with van der Waals surface area (Å²) in [7, 11) is 0. The molecule has 19 heavy (non-hydrogen) atoms. The van der Waals surface area contributed by atoms with Crippen LogP contribution in [0, 0.1) is 17.8 Å². The van der Waals surface area contributed by atoms with Gasteiger partial charge in [0.2, 0.25) is 0 Å². The molecule has 1 nitrogen and oxygen atoms in total. The zero-order valence-electron chi connectivity index (χ0n) is 11.4. The van der Waals surface area contributed by atoms with Gasteiger partial charge in [0.15, 0.2) is 0 Å². The van der Waals surface area contributed by atoms with E-state index < -0.39 is 0 Å². The monoisotopic (exact) mass is 276 g/mol. The number of ketones is 1. The maximum absolute atomic E-state index is 11.7. The summed E-state index contributed by atoms with van der Waals surface area (Å²) in [4.78, 5) is 11.7. The van der Waals surface area contributed by atoms with Gasteiger partial charge in [-0.15, -0.1) is 11.6 Å². The van der Waals surface area contributed by atoms with E-state index in [4.69, 9.17) is 11.6 Å². The smallest absolute Gasteiger partial charge is 0.132 e. The first kappa shape index (κ1) is 13.2. The fourth-order valence-corrected chi connectivity index (χ4v) is 4.82. The van der Waals surface area contributed by atoms with Gasteiger partial charge in [0.25, 0.3) is 0 Å². The Balaban J connectivity index is 1.86. The summed E-state index contributed by atoms with van der Waals surface area (Å²) in [6.45, 7) is 1.75. The number of carbonyl (C=O) groups is 1. The fourth-order valence-electron chi connectivity index (χ4n) is 4.22. The SMILES string of the molecule is CC(=O)C1CC2CC(Cl)C(c3ccccc3)C(C2)C1. The number of rotatable bonds is 2. The van der Waals surface area contributed by atoms with E-state index in [1.165, 1.54) is 12.0 Å². The van der Waals surface area contributed by atoms with E-state index in [1.807, 2.05) is 0 Å². The molecule has 102 valence electrons. The molecule has 5 unspecified atom stereocenters. The molecule has 0 amide bonds. The number of hydrogen-bond acceptors (Lipinski definition) is 1. The van der Waals surface area contributed by atoms with E-state index in [0.29, 0.717) is 23.5 Å². The average Bonchev–Trinajstić information content (AvgIpc) is 2.39. The predicted molar refractivity (Wildman–Crippen MR) is 78.4 cm³/mol. The Morgan fingerprint density at radius 2 is 1.84 bits per heavy atom. The zero-order valence-corrected chi connectivity index (χ0v) is 12.1. The molecule has 5 atom stereocenters. The minimum absolute atomic E-state index is 0.235. The molecule has 0 radical (unpaired) electrons. The van der Waals surface area contributed by atoms with Gasteiger partial charge in [-0.25, -0.2) is 0 Å². The zero-order chi connectivity index (χ0) is 13.4. The number of Topliss-reactive ketones (excluding diaryl/α,β-unsaturated/α-hetero) is 1. The first-order chi connectivity index (χ1) is 9.15. The molecule has 0 heterocycles. The Kier molecular flexibility index (Phi) is 3.66. The normalized spacial score (nSPS) is 37.9. The van der Waals surface area contributed by atoms with Crippen molar-refractivity contribution in [2.45, 2.75) is 43.9 Å². The van der Waals surface area contributed by atoms with Crippen LogP contribution in [0.4, 0.5) is 0 Å². The molecule has 0 saturated heterocycles. The summed E-state index contributed by atoms with van der Waals surface area (Å²) in [6, 6.07) is 10.6. The van der Waals surface area contributed by atoms with Crippen molar-refractivity contribution in [3.05, 3.63) is 35.9 Å². The molecule has 2 heteroatoms. The Bertz CT molecular complexity index is 454. The van der Waals surface area contributed by atoms with Crippen LogP contribution in [0.25, 0.3) is 0 Å². The van der Waals surface area contributed by atoms with Crippen molar-refractivity contribution in [3.8, 4) is 0 Å². The third-order valence-electron chi connectivity index (χ3n) is 5.06. The molecule has 0 aliphatic heterocycles. The van der Waals surface area contributed by atoms with E-state index in [9.17, 15) is 4.79 Å². The fraction of sp³-hybridized carbons (Fsp3) is 0.588. The minimum atomic E-state index is 0.235. The van der Waals surface area contributed by atoms with Crippen molar-refractivity contribution in [2.75, 3.05) is 0 Å². The van der Waals surface area contributed by atoms with Gasteiger partial charge in [-0.05, 0) is 50.0 Å². The second-order valence-corrected chi connectivity index (χ2v) is 6.89. The number of benzene rings is 1. The van der Waals surface area contributed by atoms with Gasteiger partial charge < -0.3 is 0 Å². The quantitative estimate of drug-likeness (QED) is 0.732. The lowest BCUT2D eigenvalue weighted by Crippen LogP contribution is -2.39. The standard InChI is InChI=1S/C17H21ClO/c1-11(19)14-7-12-8-15(10-14)17(16(18)9-12)13-5-3-2-4-6-13/h2-6,12,14-17H,7-10H2,1H3. The van der Waals surface area contributed by atoms with E-state index >= 15 is 0 Å². The first-order valence-corrected chi connectivity index (χ1v) is 7.78. The van der Waals surface area contributed by atoms with Crippen LogP contribution in [0.5, 0.6) is 0 Å². The molecular formula is C17H21ClO. The topological polar surface area (TPSA) is 17.1 Å². The van der Waals surface area contributed by atoms with Crippen LogP contribution < -0.4 is 0 Å². The molecule has 1 aromatic rings. The molecule has 3 rings (SSSR count). The maximum Gasteiger partial charge on any atom is 0.132 e. The van der Waals surface area contributed by atoms with Gasteiger partial charge in [0.05, 0.1) is 0 Å². The number of alkyl halides is 1. The minimum Gasteiger partial charge on any atom is -0.300 e. The lowest BCUT2D eigenvalue weighted by atomic mass is 9.61. The van der Waals surface area contributed by atoms with Crippen LogP contribution in [-0.4, -0.2) is 11.2 Å². The summed E-state index contributed by atoms with van der Waals surface area (Å²) in [5, 5.41) is 0.235. The third kappa shape index (κ3) is 2.58. The molecule has 0 N–H and O–H groups in total. The number of halogens is 1. The molecule has 2 fully saturated rings. The van der Waals surface area contributed by atoms with Crippen LogP contribution in [0.15, 0.2) is 30.3 Å². The highest BCUT2D eigenvalue weighted by Crippen LogP contribution is 2.51. The molecule has 0 spiro atoms. The van der Waals surface area contributed by atoms with E-state index in [1.54, 1.807) is 6.92 Å². The lowest BCUT2D eigenvalue weighted by Gasteiger charge is -2.45. The van der Waals surface area contributed by atoms with Gasteiger partial charge in [0, 0.05) is 17.2 Å². The van der Waals surface area contributed by atoms with E-state index in [2.05, 4.69) is 30.3 Å². The van der Waals surface area contributed by atoms with Gasteiger partial charge in [0.1, 0.15) is 5.78 Å². The van der Waals surface area contributed by atoms with Crippen LogP contribution in [0.3, 0.4) is 0 Å². The second-order valence-electron chi connectivity index (χ2n) is 6.33. The van der Waals surface area contributed by atoms with Crippen molar-refractivity contribution in [1.29, 1.82) is 0 Å². The van der Waals surface area contributed by atoms with Crippen molar-refractivity contribution < 1.29 is 4.79 Å². The Labute approximate surface area is 120 Å². The molecule has 2 saturated carbocycles. The van der Waals surface area contributed by atoms with Crippen LogP contribution in [-0.2, 0) is 4.79 Å². The van der Waals surface area contributed by atoms with Crippen LogP contribution in [0.1, 0.15) is 44.1 Å². The van der Waals surface area contributed by atoms with Gasteiger partial charge in [-0.3, -0.25) is 4.79 Å². The summed E-state index contributed by atoms with van der Waals surface area (Å²) in [5.74, 6) is 2.33. The lowest BCUT2D eigenvalue weighted by molar-refractivity contribution is -0.123. The Hall–Kier alpha value is -0.820. The first-order valence-electron chi connectivity index (χ1n) is 7.34. The third-order valence-corrected chi connectivity index (χ3v) is 5.51. The Morgan fingerprint density at radius 3 is 2.53 bits per heavy atom. The highest BCUT2D eigenvalue weighted by molar-refractivity contribution is 6.21. The number of carbonyl (C=O) groups excluding carboxylic acids is 1. The summed E-state index contributed by atoms with van der Waals surface area (Å²) in [6.07, 6.45) is 4.43. The van der Waals surface area contributed by atoms with Gasteiger partial charge in [-0.1, -0.05) is 30.3 Å². The summed E-state index contributed by atoms with van der Waals surface area (Å²) >= 11 is 6.66. The molecule has 2 aliphatic carbocycles. The molecule has 1 aromatic carbocycles. The van der Waals surface area contributed by atoms with Crippen LogP contribution >= 0.6 is 11.6 Å². The largest absolute Gasteiger partial charge is 0.300 e. The predicted octanol–water partition coefficient (Wildman–Crippen LogP) is 4.40. The van der Waals surface area contributed by atoms with Crippen LogP contribution in [0.2, 0.25) is 0 Å². The molecular weight excluding hydrogens is 256 g/mol. The summed E-state index contributed by atoms with van der Waals surface area (Å²) < 4.78 is 0. The maximum atomic E-state index is 11.7. The number of fused-ring (bicyclic) bond motifs is 2. The van der Waals surface area contributed by atoms with E-state index in [-0.39, 0.29) is 11.3 Å². The number of hydrogen-bond donors (Lipinski definition) is 0. The highest BCUT2D eigenvalue weighted by atomic mass is 35.5. The van der Waals surface area contributed by atoms with E-state index in [0.717, 1.165) is 19.3 Å². The Morgan fingerprint density at radius 1 is 1.11 bits per heavy atom. The van der Waals surface area contributed by atoms with Gasteiger partial charge in [-0.2, -0.15) is 0 Å². The van der Waals surface area contributed by atoms with Crippen molar-refractivity contribution >= 4 is 17.4 Å². The van der Waals surface area contributed by atoms with Gasteiger partial charge >= 0.3 is 0 Å².